The lowest BCUT2D eigenvalue weighted by Gasteiger charge is -2.30. The Bertz CT molecular complexity index is 957. The van der Waals surface area contributed by atoms with Crippen molar-refractivity contribution in [1.29, 1.82) is 0 Å². The first kappa shape index (κ1) is 21.4. The molecule has 2 atom stereocenters. The highest BCUT2D eigenvalue weighted by Gasteiger charge is 2.30. The van der Waals surface area contributed by atoms with Crippen LogP contribution in [0.15, 0.2) is 48.5 Å². The molecule has 0 aromatic heterocycles. The van der Waals surface area contributed by atoms with Crippen LogP contribution in [0.2, 0.25) is 0 Å². The summed E-state index contributed by atoms with van der Waals surface area (Å²) < 4.78 is 26.0. The number of hydrogen-bond acceptors (Lipinski definition) is 3. The van der Waals surface area contributed by atoms with Gasteiger partial charge in [-0.25, -0.2) is 8.42 Å². The van der Waals surface area contributed by atoms with Gasteiger partial charge >= 0.3 is 0 Å². The molecule has 0 saturated carbocycles. The van der Waals surface area contributed by atoms with Gasteiger partial charge in [0.15, 0.2) is 0 Å². The molecule has 5 nitrogen and oxygen atoms in total. The minimum atomic E-state index is -3.61. The van der Waals surface area contributed by atoms with E-state index in [1.54, 1.807) is 31.2 Å². The Morgan fingerprint density at radius 3 is 2.34 bits per heavy atom. The third kappa shape index (κ3) is 4.99. The molecule has 156 valence electrons. The van der Waals surface area contributed by atoms with Crippen LogP contribution in [0.25, 0.3) is 0 Å². The number of para-hydroxylation sites is 1. The van der Waals surface area contributed by atoms with Crippen LogP contribution in [0, 0.1) is 0 Å². The third-order valence-electron chi connectivity index (χ3n) is 5.60. The average molecular weight is 415 g/mol. The van der Waals surface area contributed by atoms with Crippen molar-refractivity contribution < 1.29 is 13.2 Å². The number of rotatable bonds is 7. The Morgan fingerprint density at radius 2 is 1.72 bits per heavy atom. The van der Waals surface area contributed by atoms with Gasteiger partial charge in [0.05, 0.1) is 18.0 Å². The van der Waals surface area contributed by atoms with Gasteiger partial charge in [0, 0.05) is 0 Å². The van der Waals surface area contributed by atoms with E-state index in [-0.39, 0.29) is 11.9 Å². The molecule has 6 heteroatoms. The lowest BCUT2D eigenvalue weighted by atomic mass is 9.88. The van der Waals surface area contributed by atoms with Crippen LogP contribution in [0.5, 0.6) is 0 Å². The SMILES string of the molecule is CC[C@@H](NC(=O)[C@H](C)N(c1ccccc1)S(C)(=O)=O)c1ccc2c(c1)CCCC2. The molecule has 29 heavy (non-hydrogen) atoms. The fourth-order valence-corrected chi connectivity index (χ4v) is 5.24. The first-order valence-electron chi connectivity index (χ1n) is 10.3. The van der Waals surface area contributed by atoms with Crippen LogP contribution in [-0.4, -0.2) is 26.6 Å². The van der Waals surface area contributed by atoms with E-state index in [0.717, 1.165) is 31.1 Å². The molecular weight excluding hydrogens is 384 g/mol. The summed E-state index contributed by atoms with van der Waals surface area (Å²) in [6.45, 7) is 3.66. The highest BCUT2D eigenvalue weighted by atomic mass is 32.2. The first-order chi connectivity index (χ1) is 13.8. The summed E-state index contributed by atoms with van der Waals surface area (Å²) in [4.78, 5) is 13.0. The summed E-state index contributed by atoms with van der Waals surface area (Å²) in [5.74, 6) is -0.302. The second-order valence-corrected chi connectivity index (χ2v) is 9.63. The summed E-state index contributed by atoms with van der Waals surface area (Å²) in [5, 5.41) is 3.07. The minimum absolute atomic E-state index is 0.144. The average Bonchev–Trinajstić information content (AvgIpc) is 2.71. The number of carbonyl (C=O) groups is 1. The van der Waals surface area contributed by atoms with Crippen LogP contribution < -0.4 is 9.62 Å². The van der Waals surface area contributed by atoms with Gasteiger partial charge < -0.3 is 5.32 Å². The number of sulfonamides is 1. The maximum atomic E-state index is 13.0. The molecule has 0 spiro atoms. The fraction of sp³-hybridized carbons (Fsp3) is 0.435. The first-order valence-corrected chi connectivity index (χ1v) is 12.1. The Kier molecular flexibility index (Phi) is 6.63. The van der Waals surface area contributed by atoms with Crippen LogP contribution in [0.3, 0.4) is 0 Å². The molecule has 0 radical (unpaired) electrons. The highest BCUT2D eigenvalue weighted by molar-refractivity contribution is 7.92. The molecule has 2 aromatic carbocycles. The Hall–Kier alpha value is -2.34. The lowest BCUT2D eigenvalue weighted by Crippen LogP contribution is -2.48. The number of benzene rings is 2. The number of fused-ring (bicyclic) bond motifs is 1. The van der Waals surface area contributed by atoms with E-state index in [1.165, 1.54) is 28.3 Å². The van der Waals surface area contributed by atoms with Crippen molar-refractivity contribution in [2.45, 2.75) is 58.0 Å². The van der Waals surface area contributed by atoms with Crippen LogP contribution in [0.4, 0.5) is 5.69 Å². The molecule has 1 amide bonds. The molecule has 2 aromatic rings. The van der Waals surface area contributed by atoms with Crippen molar-refractivity contribution in [2.24, 2.45) is 0 Å². The predicted molar refractivity (Wildman–Crippen MR) is 117 cm³/mol. The van der Waals surface area contributed by atoms with Crippen molar-refractivity contribution in [1.82, 2.24) is 5.32 Å². The van der Waals surface area contributed by atoms with Gasteiger partial charge in [0.1, 0.15) is 6.04 Å². The molecule has 3 rings (SSSR count). The molecule has 0 bridgehead atoms. The molecule has 0 fully saturated rings. The molecule has 1 aliphatic rings. The molecule has 0 aliphatic heterocycles. The van der Waals surface area contributed by atoms with E-state index in [4.69, 9.17) is 0 Å². The van der Waals surface area contributed by atoms with Crippen molar-refractivity contribution in [3.8, 4) is 0 Å². The Labute approximate surface area is 174 Å². The summed E-state index contributed by atoms with van der Waals surface area (Å²) in [6, 6.07) is 14.2. The van der Waals surface area contributed by atoms with E-state index >= 15 is 0 Å². The summed E-state index contributed by atoms with van der Waals surface area (Å²) in [5.41, 5.74) is 4.34. The predicted octanol–water partition coefficient (Wildman–Crippen LogP) is 3.99. The van der Waals surface area contributed by atoms with Crippen LogP contribution in [0.1, 0.15) is 55.8 Å². The van der Waals surface area contributed by atoms with Crippen LogP contribution in [-0.2, 0) is 27.7 Å². The number of nitrogens with zero attached hydrogens (tertiary/aromatic N) is 1. The van der Waals surface area contributed by atoms with Gasteiger partial charge in [-0.1, -0.05) is 43.3 Å². The maximum Gasteiger partial charge on any atom is 0.244 e. The van der Waals surface area contributed by atoms with E-state index in [9.17, 15) is 13.2 Å². The minimum Gasteiger partial charge on any atom is -0.347 e. The molecule has 0 unspecified atom stereocenters. The van der Waals surface area contributed by atoms with E-state index in [2.05, 4.69) is 23.5 Å². The smallest absolute Gasteiger partial charge is 0.244 e. The van der Waals surface area contributed by atoms with E-state index in [1.807, 2.05) is 13.0 Å². The summed E-state index contributed by atoms with van der Waals surface area (Å²) in [6.07, 6.45) is 6.51. The normalized spacial score (nSPS) is 15.8. The monoisotopic (exact) mass is 414 g/mol. The molecule has 0 saturated heterocycles. The van der Waals surface area contributed by atoms with Crippen molar-refractivity contribution in [3.63, 3.8) is 0 Å². The number of amides is 1. The molecule has 1 aliphatic carbocycles. The third-order valence-corrected chi connectivity index (χ3v) is 6.84. The van der Waals surface area contributed by atoms with Crippen molar-refractivity contribution >= 4 is 21.6 Å². The molecule has 0 heterocycles. The molecule has 1 N–H and O–H groups in total. The fourth-order valence-electron chi connectivity index (χ4n) is 4.07. The molecular formula is C23H30N2O3S. The van der Waals surface area contributed by atoms with E-state index in [0.29, 0.717) is 5.69 Å². The standard InChI is InChI=1S/C23H30N2O3S/c1-4-22(20-15-14-18-10-8-9-11-19(18)16-20)24-23(26)17(2)25(29(3,27)28)21-12-6-5-7-13-21/h5-7,12-17,22H,4,8-11H2,1-3H3,(H,24,26)/t17-,22+/m0/s1. The van der Waals surface area contributed by atoms with Gasteiger partial charge in [-0.15, -0.1) is 0 Å². The zero-order chi connectivity index (χ0) is 21.0. The maximum absolute atomic E-state index is 13.0. The topological polar surface area (TPSA) is 66.5 Å². The summed E-state index contributed by atoms with van der Waals surface area (Å²) >= 11 is 0. The Balaban J connectivity index is 1.81. The van der Waals surface area contributed by atoms with Gasteiger partial charge in [-0.2, -0.15) is 0 Å². The van der Waals surface area contributed by atoms with Crippen molar-refractivity contribution in [2.75, 3.05) is 10.6 Å². The quantitative estimate of drug-likeness (QED) is 0.745. The van der Waals surface area contributed by atoms with Gasteiger partial charge in [0.25, 0.3) is 0 Å². The largest absolute Gasteiger partial charge is 0.347 e. The van der Waals surface area contributed by atoms with Gasteiger partial charge in [-0.05, 0) is 67.9 Å². The van der Waals surface area contributed by atoms with Crippen molar-refractivity contribution in [3.05, 3.63) is 65.2 Å². The number of nitrogens with one attached hydrogen (secondary N) is 1. The number of hydrogen-bond donors (Lipinski definition) is 1. The summed E-state index contributed by atoms with van der Waals surface area (Å²) in [7, 11) is -3.61. The van der Waals surface area contributed by atoms with Gasteiger partial charge in [0.2, 0.25) is 15.9 Å². The lowest BCUT2D eigenvalue weighted by molar-refractivity contribution is -0.122. The second kappa shape index (κ2) is 8.99. The van der Waals surface area contributed by atoms with Gasteiger partial charge in [-0.3, -0.25) is 9.10 Å². The number of anilines is 1. The zero-order valence-corrected chi connectivity index (χ0v) is 18.2. The highest BCUT2D eigenvalue weighted by Crippen LogP contribution is 2.27. The van der Waals surface area contributed by atoms with Crippen LogP contribution >= 0.6 is 0 Å². The van der Waals surface area contributed by atoms with E-state index < -0.39 is 16.1 Å². The Morgan fingerprint density at radius 1 is 1.07 bits per heavy atom. The number of carbonyl (C=O) groups excluding carboxylic acids is 1. The zero-order valence-electron chi connectivity index (χ0n) is 17.4. The number of aryl methyl sites for hydroxylation is 2. The second-order valence-electron chi connectivity index (χ2n) is 7.78.